The third-order valence-corrected chi connectivity index (χ3v) is 4.44. The Balaban J connectivity index is 2.14. The van der Waals surface area contributed by atoms with E-state index in [0.717, 1.165) is 17.7 Å². The zero-order chi connectivity index (χ0) is 18.4. The first kappa shape index (κ1) is 18.9. The highest BCUT2D eigenvalue weighted by Crippen LogP contribution is 2.26. The molecule has 132 valence electrons. The highest BCUT2D eigenvalue weighted by Gasteiger charge is 2.16. The van der Waals surface area contributed by atoms with Crippen LogP contribution in [0.2, 0.25) is 0 Å². The maximum absolute atomic E-state index is 12.5. The Kier molecular flexibility index (Phi) is 6.53. The maximum Gasteiger partial charge on any atom is 0.261 e. The average Bonchev–Trinajstić information content (AvgIpc) is 2.61. The van der Waals surface area contributed by atoms with Crippen molar-refractivity contribution >= 4 is 28.9 Å². The molecule has 25 heavy (non-hydrogen) atoms. The molecule has 2 aromatic carbocycles. The van der Waals surface area contributed by atoms with E-state index in [1.54, 1.807) is 13.2 Å². The molecule has 4 nitrogen and oxygen atoms in total. The van der Waals surface area contributed by atoms with Gasteiger partial charge in [0.25, 0.3) is 5.91 Å². The molecule has 2 rings (SSSR count). The standard InChI is InChI=1S/C20H24N2O2S/c1-5-13(2)15-10-6-7-12-17(15)21-20(25)22-19(23)16-11-8-9-14(3)18(16)24-4/h6-13H,5H2,1-4H3,(H2,21,22,23,25)/t13-/m0/s1. The lowest BCUT2D eigenvalue weighted by atomic mass is 9.97. The number of benzene rings is 2. The number of para-hydroxylation sites is 2. The number of ether oxygens (including phenoxy) is 1. The molecule has 2 N–H and O–H groups in total. The summed E-state index contributed by atoms with van der Waals surface area (Å²) in [5.41, 5.74) is 3.45. The Hall–Kier alpha value is -2.40. The smallest absolute Gasteiger partial charge is 0.261 e. The summed E-state index contributed by atoms with van der Waals surface area (Å²) in [6.45, 7) is 6.21. The van der Waals surface area contributed by atoms with Crippen LogP contribution in [0, 0.1) is 6.92 Å². The molecular weight excluding hydrogens is 332 g/mol. The van der Waals surface area contributed by atoms with E-state index in [4.69, 9.17) is 17.0 Å². The first-order valence-electron chi connectivity index (χ1n) is 8.32. The summed E-state index contributed by atoms with van der Waals surface area (Å²) in [5, 5.41) is 6.14. The third-order valence-electron chi connectivity index (χ3n) is 4.24. The quantitative estimate of drug-likeness (QED) is 0.766. The van der Waals surface area contributed by atoms with E-state index in [2.05, 4.69) is 30.5 Å². The lowest BCUT2D eigenvalue weighted by molar-refractivity contribution is 0.0974. The predicted molar refractivity (Wildman–Crippen MR) is 107 cm³/mol. The van der Waals surface area contributed by atoms with Crippen LogP contribution in [0.5, 0.6) is 5.75 Å². The van der Waals surface area contributed by atoms with Gasteiger partial charge >= 0.3 is 0 Å². The van der Waals surface area contributed by atoms with E-state index in [9.17, 15) is 4.79 Å². The van der Waals surface area contributed by atoms with Crippen molar-refractivity contribution in [3.05, 3.63) is 59.2 Å². The molecule has 0 spiro atoms. The van der Waals surface area contributed by atoms with Gasteiger partial charge in [0.05, 0.1) is 12.7 Å². The fourth-order valence-electron chi connectivity index (χ4n) is 2.69. The number of hydrogen-bond acceptors (Lipinski definition) is 3. The van der Waals surface area contributed by atoms with Crippen LogP contribution in [0.15, 0.2) is 42.5 Å². The average molecular weight is 356 g/mol. The van der Waals surface area contributed by atoms with Gasteiger partial charge in [-0.1, -0.05) is 44.2 Å². The second-order valence-electron chi connectivity index (χ2n) is 5.96. The van der Waals surface area contributed by atoms with Crippen LogP contribution in [0.25, 0.3) is 0 Å². The number of nitrogens with one attached hydrogen (secondary N) is 2. The molecule has 0 aliphatic heterocycles. The molecule has 1 amide bonds. The van der Waals surface area contributed by atoms with Gasteiger partial charge in [-0.25, -0.2) is 0 Å². The van der Waals surface area contributed by atoms with Crippen LogP contribution in [0.4, 0.5) is 5.69 Å². The lowest BCUT2D eigenvalue weighted by Crippen LogP contribution is -2.34. The van der Waals surface area contributed by atoms with Gasteiger partial charge < -0.3 is 10.1 Å². The largest absolute Gasteiger partial charge is 0.496 e. The zero-order valence-corrected chi connectivity index (χ0v) is 15.9. The predicted octanol–water partition coefficient (Wildman–Crippen LogP) is 4.64. The maximum atomic E-state index is 12.5. The molecule has 0 saturated carbocycles. The molecule has 0 aromatic heterocycles. The van der Waals surface area contributed by atoms with Gasteiger partial charge in [0.2, 0.25) is 0 Å². The molecule has 0 aliphatic rings. The Morgan fingerprint density at radius 2 is 1.92 bits per heavy atom. The zero-order valence-electron chi connectivity index (χ0n) is 15.1. The first-order valence-corrected chi connectivity index (χ1v) is 8.73. The summed E-state index contributed by atoms with van der Waals surface area (Å²) < 4.78 is 5.34. The van der Waals surface area contributed by atoms with Crippen molar-refractivity contribution in [2.45, 2.75) is 33.1 Å². The summed E-state index contributed by atoms with van der Waals surface area (Å²) in [7, 11) is 1.55. The van der Waals surface area contributed by atoms with Crippen LogP contribution < -0.4 is 15.4 Å². The minimum atomic E-state index is -0.293. The number of anilines is 1. The normalized spacial score (nSPS) is 11.5. The van der Waals surface area contributed by atoms with Gasteiger partial charge in [-0.15, -0.1) is 0 Å². The molecule has 0 saturated heterocycles. The van der Waals surface area contributed by atoms with Crippen molar-refractivity contribution in [2.24, 2.45) is 0 Å². The summed E-state index contributed by atoms with van der Waals surface area (Å²) >= 11 is 5.32. The third kappa shape index (κ3) is 4.57. The lowest BCUT2D eigenvalue weighted by Gasteiger charge is -2.17. The molecule has 0 aliphatic carbocycles. The molecule has 5 heteroatoms. The SMILES string of the molecule is CC[C@H](C)c1ccccc1NC(=S)NC(=O)c1cccc(C)c1OC. The van der Waals surface area contributed by atoms with E-state index in [1.807, 2.05) is 37.3 Å². The van der Waals surface area contributed by atoms with Crippen LogP contribution in [-0.2, 0) is 0 Å². The van der Waals surface area contributed by atoms with Crippen molar-refractivity contribution in [1.82, 2.24) is 5.32 Å². The fourth-order valence-corrected chi connectivity index (χ4v) is 2.89. The number of rotatable bonds is 5. The van der Waals surface area contributed by atoms with Crippen LogP contribution in [-0.4, -0.2) is 18.1 Å². The molecule has 0 heterocycles. The first-order chi connectivity index (χ1) is 12.0. The van der Waals surface area contributed by atoms with Gasteiger partial charge in [-0.2, -0.15) is 0 Å². The van der Waals surface area contributed by atoms with E-state index in [-0.39, 0.29) is 11.0 Å². The van der Waals surface area contributed by atoms with Crippen molar-refractivity contribution in [2.75, 3.05) is 12.4 Å². The van der Waals surface area contributed by atoms with Crippen molar-refractivity contribution in [3.63, 3.8) is 0 Å². The van der Waals surface area contributed by atoms with E-state index in [1.165, 1.54) is 5.56 Å². The Bertz CT molecular complexity index is 774. The molecule has 0 radical (unpaired) electrons. The molecule has 0 bridgehead atoms. The topological polar surface area (TPSA) is 50.4 Å². The number of carbonyl (C=O) groups excluding carboxylic acids is 1. The fraction of sp³-hybridized carbons (Fsp3) is 0.300. The summed E-state index contributed by atoms with van der Waals surface area (Å²) in [5.74, 6) is 0.668. The number of methoxy groups -OCH3 is 1. The molecule has 0 fully saturated rings. The summed E-state index contributed by atoms with van der Waals surface area (Å²) in [6.07, 6.45) is 1.03. The van der Waals surface area contributed by atoms with Crippen molar-refractivity contribution < 1.29 is 9.53 Å². The monoisotopic (exact) mass is 356 g/mol. The molecule has 2 aromatic rings. The van der Waals surface area contributed by atoms with Crippen LogP contribution >= 0.6 is 12.2 Å². The minimum absolute atomic E-state index is 0.268. The Labute approximate surface area is 154 Å². The highest BCUT2D eigenvalue weighted by atomic mass is 32.1. The van der Waals surface area contributed by atoms with Crippen molar-refractivity contribution in [3.8, 4) is 5.75 Å². The number of amides is 1. The van der Waals surface area contributed by atoms with Gasteiger partial charge in [-0.3, -0.25) is 10.1 Å². The molecule has 1 atom stereocenters. The summed E-state index contributed by atoms with van der Waals surface area (Å²) in [6, 6.07) is 13.4. The second-order valence-corrected chi connectivity index (χ2v) is 6.37. The summed E-state index contributed by atoms with van der Waals surface area (Å²) in [4.78, 5) is 12.5. The molecule has 0 unspecified atom stereocenters. The van der Waals surface area contributed by atoms with Gasteiger partial charge in [-0.05, 0) is 54.7 Å². The van der Waals surface area contributed by atoms with E-state index < -0.39 is 0 Å². The van der Waals surface area contributed by atoms with Crippen LogP contribution in [0.3, 0.4) is 0 Å². The number of aryl methyl sites for hydroxylation is 1. The van der Waals surface area contributed by atoms with E-state index >= 15 is 0 Å². The number of carbonyl (C=O) groups is 1. The van der Waals surface area contributed by atoms with E-state index in [0.29, 0.717) is 17.2 Å². The van der Waals surface area contributed by atoms with Gasteiger partial charge in [0.1, 0.15) is 5.75 Å². The van der Waals surface area contributed by atoms with Crippen molar-refractivity contribution in [1.29, 1.82) is 0 Å². The Morgan fingerprint density at radius 1 is 1.20 bits per heavy atom. The van der Waals surface area contributed by atoms with Gasteiger partial charge in [0, 0.05) is 5.69 Å². The van der Waals surface area contributed by atoms with Gasteiger partial charge in [0.15, 0.2) is 5.11 Å². The highest BCUT2D eigenvalue weighted by molar-refractivity contribution is 7.80. The Morgan fingerprint density at radius 3 is 2.60 bits per heavy atom. The number of thiocarbonyl (C=S) groups is 1. The molecular formula is C20H24N2O2S. The second kappa shape index (κ2) is 8.62. The van der Waals surface area contributed by atoms with Crippen LogP contribution in [0.1, 0.15) is 47.7 Å². The number of hydrogen-bond donors (Lipinski definition) is 2. The minimum Gasteiger partial charge on any atom is -0.496 e.